The van der Waals surface area contributed by atoms with Crippen molar-refractivity contribution in [3.05, 3.63) is 0 Å². The number of rotatable bonds is 5. The Bertz CT molecular complexity index is 185. The van der Waals surface area contributed by atoms with Gasteiger partial charge >= 0.3 is 0 Å². The van der Waals surface area contributed by atoms with Gasteiger partial charge in [0.05, 0.1) is 11.9 Å². The average molecular weight is 182 g/mol. The molecule has 0 saturated carbocycles. The van der Waals surface area contributed by atoms with Crippen molar-refractivity contribution in [1.29, 1.82) is 0 Å². The zero-order chi connectivity index (χ0) is 8.91. The van der Waals surface area contributed by atoms with E-state index in [-0.39, 0.29) is 5.75 Å². The van der Waals surface area contributed by atoms with Gasteiger partial charge in [0.15, 0.2) is 0 Å². The molecule has 11 heavy (non-hydrogen) atoms. The van der Waals surface area contributed by atoms with Gasteiger partial charge in [-0.3, -0.25) is 0 Å². The van der Waals surface area contributed by atoms with Crippen LogP contribution < -0.4 is 0 Å². The van der Waals surface area contributed by atoms with Crippen molar-refractivity contribution in [2.45, 2.75) is 12.5 Å². The van der Waals surface area contributed by atoms with Crippen LogP contribution in [0.25, 0.3) is 0 Å². The van der Waals surface area contributed by atoms with E-state index in [1.165, 1.54) is 7.11 Å². The lowest BCUT2D eigenvalue weighted by molar-refractivity contribution is 0.123. The van der Waals surface area contributed by atoms with Crippen molar-refractivity contribution in [2.24, 2.45) is 0 Å². The number of aliphatic hydroxyl groups excluding tert-OH is 1. The monoisotopic (exact) mass is 182 g/mol. The summed E-state index contributed by atoms with van der Waals surface area (Å²) < 4.78 is 25.9. The van der Waals surface area contributed by atoms with Gasteiger partial charge in [0, 0.05) is 20.0 Å². The summed E-state index contributed by atoms with van der Waals surface area (Å²) in [7, 11) is -1.55. The molecule has 0 aliphatic carbocycles. The lowest BCUT2D eigenvalue weighted by Gasteiger charge is -2.07. The van der Waals surface area contributed by atoms with Crippen LogP contribution in [0.5, 0.6) is 0 Å². The SMILES string of the molecule is COCCC(O)CS(C)(=O)=O. The summed E-state index contributed by atoms with van der Waals surface area (Å²) >= 11 is 0. The molecule has 0 radical (unpaired) electrons. The van der Waals surface area contributed by atoms with Crippen molar-refractivity contribution in [3.63, 3.8) is 0 Å². The molecule has 0 amide bonds. The standard InChI is InChI=1S/C6H14O4S/c1-10-4-3-6(7)5-11(2,8)9/h6-7H,3-5H2,1-2H3. The molecular weight excluding hydrogens is 168 g/mol. The zero-order valence-corrected chi connectivity index (χ0v) is 7.60. The Morgan fingerprint density at radius 1 is 1.55 bits per heavy atom. The van der Waals surface area contributed by atoms with Gasteiger partial charge in [-0.2, -0.15) is 0 Å². The quantitative estimate of drug-likeness (QED) is 0.618. The number of hydrogen-bond donors (Lipinski definition) is 1. The Morgan fingerprint density at radius 2 is 2.09 bits per heavy atom. The maximum atomic E-state index is 10.6. The predicted molar refractivity (Wildman–Crippen MR) is 42.2 cm³/mol. The van der Waals surface area contributed by atoms with Gasteiger partial charge in [-0.15, -0.1) is 0 Å². The van der Waals surface area contributed by atoms with E-state index < -0.39 is 15.9 Å². The third kappa shape index (κ3) is 7.77. The molecule has 4 nitrogen and oxygen atoms in total. The molecule has 0 aromatic rings. The van der Waals surface area contributed by atoms with Gasteiger partial charge in [-0.05, 0) is 6.42 Å². The van der Waals surface area contributed by atoms with Crippen LogP contribution in [0.2, 0.25) is 0 Å². The fourth-order valence-electron chi connectivity index (χ4n) is 0.687. The van der Waals surface area contributed by atoms with Crippen molar-refractivity contribution >= 4 is 9.84 Å². The van der Waals surface area contributed by atoms with E-state index in [9.17, 15) is 8.42 Å². The number of sulfone groups is 1. The molecule has 1 atom stereocenters. The van der Waals surface area contributed by atoms with Crippen molar-refractivity contribution < 1.29 is 18.3 Å². The lowest BCUT2D eigenvalue weighted by atomic mass is 10.3. The minimum atomic E-state index is -3.06. The molecule has 0 rings (SSSR count). The van der Waals surface area contributed by atoms with Crippen molar-refractivity contribution in [1.82, 2.24) is 0 Å². The molecule has 0 aliphatic rings. The first-order valence-corrected chi connectivity index (χ1v) is 5.36. The Labute approximate surface area is 67.1 Å². The summed E-state index contributed by atoms with van der Waals surface area (Å²) in [5.74, 6) is -0.184. The van der Waals surface area contributed by atoms with E-state index in [4.69, 9.17) is 5.11 Å². The van der Waals surface area contributed by atoms with Gasteiger partial charge in [0.1, 0.15) is 9.84 Å². The van der Waals surface area contributed by atoms with Crippen LogP contribution in [0.4, 0.5) is 0 Å². The highest BCUT2D eigenvalue weighted by molar-refractivity contribution is 7.90. The Morgan fingerprint density at radius 3 is 2.45 bits per heavy atom. The molecule has 5 heteroatoms. The van der Waals surface area contributed by atoms with Crippen LogP contribution >= 0.6 is 0 Å². The molecule has 1 N–H and O–H groups in total. The van der Waals surface area contributed by atoms with E-state index in [1.807, 2.05) is 0 Å². The summed E-state index contributed by atoms with van der Waals surface area (Å²) in [4.78, 5) is 0. The molecule has 0 aromatic carbocycles. The van der Waals surface area contributed by atoms with Crippen LogP contribution in [0.3, 0.4) is 0 Å². The fraction of sp³-hybridized carbons (Fsp3) is 1.00. The molecule has 0 fully saturated rings. The second-order valence-corrected chi connectivity index (χ2v) is 4.71. The summed E-state index contributed by atoms with van der Waals surface area (Å²) in [6.45, 7) is 0.386. The highest BCUT2D eigenvalue weighted by Crippen LogP contribution is 1.96. The minimum Gasteiger partial charge on any atom is -0.392 e. The average Bonchev–Trinajstić information content (AvgIpc) is 1.79. The molecular formula is C6H14O4S. The van der Waals surface area contributed by atoms with Gasteiger partial charge in [0.2, 0.25) is 0 Å². The maximum absolute atomic E-state index is 10.6. The number of ether oxygens (including phenoxy) is 1. The number of aliphatic hydroxyl groups is 1. The molecule has 0 heterocycles. The molecule has 0 aliphatic heterocycles. The van der Waals surface area contributed by atoms with Gasteiger partial charge in [0.25, 0.3) is 0 Å². The first-order valence-electron chi connectivity index (χ1n) is 3.30. The van der Waals surface area contributed by atoms with Crippen molar-refractivity contribution in [3.8, 4) is 0 Å². The van der Waals surface area contributed by atoms with Crippen LogP contribution in [-0.2, 0) is 14.6 Å². The predicted octanol–water partition coefficient (Wildman–Crippen LogP) is -0.572. The molecule has 68 valence electrons. The lowest BCUT2D eigenvalue weighted by Crippen LogP contribution is -2.21. The van der Waals surface area contributed by atoms with Crippen LogP contribution in [0.15, 0.2) is 0 Å². The first-order chi connectivity index (χ1) is 4.95. The first kappa shape index (κ1) is 10.9. The topological polar surface area (TPSA) is 63.6 Å². The fourth-order valence-corrected chi connectivity index (χ4v) is 1.55. The van der Waals surface area contributed by atoms with Crippen LogP contribution in [-0.4, -0.2) is 45.4 Å². The van der Waals surface area contributed by atoms with E-state index in [2.05, 4.69) is 4.74 Å². The largest absolute Gasteiger partial charge is 0.392 e. The molecule has 0 aromatic heterocycles. The third-order valence-corrected chi connectivity index (χ3v) is 2.14. The third-order valence-electron chi connectivity index (χ3n) is 1.15. The summed E-state index contributed by atoms with van der Waals surface area (Å²) in [5, 5.41) is 9.06. The Kier molecular flexibility index (Phi) is 4.63. The molecule has 1 unspecified atom stereocenters. The van der Waals surface area contributed by atoms with Crippen LogP contribution in [0, 0.1) is 0 Å². The molecule has 0 spiro atoms. The number of hydrogen-bond acceptors (Lipinski definition) is 4. The zero-order valence-electron chi connectivity index (χ0n) is 6.78. The molecule has 0 saturated heterocycles. The Hall–Kier alpha value is -0.130. The van der Waals surface area contributed by atoms with E-state index in [0.29, 0.717) is 13.0 Å². The van der Waals surface area contributed by atoms with Crippen molar-refractivity contribution in [2.75, 3.05) is 25.7 Å². The Balaban J connectivity index is 3.61. The normalized spacial score (nSPS) is 14.8. The smallest absolute Gasteiger partial charge is 0.149 e. The van der Waals surface area contributed by atoms with E-state index in [1.54, 1.807) is 0 Å². The maximum Gasteiger partial charge on any atom is 0.149 e. The van der Waals surface area contributed by atoms with E-state index >= 15 is 0 Å². The van der Waals surface area contributed by atoms with Gasteiger partial charge in [-0.1, -0.05) is 0 Å². The van der Waals surface area contributed by atoms with E-state index in [0.717, 1.165) is 6.26 Å². The highest BCUT2D eigenvalue weighted by atomic mass is 32.2. The summed E-state index contributed by atoms with van der Waals surface area (Å²) in [5.41, 5.74) is 0. The minimum absolute atomic E-state index is 0.184. The van der Waals surface area contributed by atoms with Gasteiger partial charge in [-0.25, -0.2) is 8.42 Å². The van der Waals surface area contributed by atoms with Crippen LogP contribution in [0.1, 0.15) is 6.42 Å². The highest BCUT2D eigenvalue weighted by Gasteiger charge is 2.11. The summed E-state index contributed by atoms with van der Waals surface area (Å²) in [6.07, 6.45) is 0.664. The molecule has 0 bridgehead atoms. The van der Waals surface area contributed by atoms with Gasteiger partial charge < -0.3 is 9.84 Å². The second-order valence-electron chi connectivity index (χ2n) is 2.53. The summed E-state index contributed by atoms with van der Waals surface area (Å²) in [6, 6.07) is 0. The second kappa shape index (κ2) is 4.69. The number of methoxy groups -OCH3 is 1.